The minimum Gasteiger partial charge on any atom is -0.457 e. The van der Waals surface area contributed by atoms with Crippen LogP contribution in [0.25, 0.3) is 10.2 Å². The maximum atomic E-state index is 13.1. The standard InChI is InChI=1S/C26H27N3O5S2/c1-17(2)28-23-15-10-19(16-24(23)35-26(28)31)27-25(30)18(3)29(36(4,32)33)20-11-13-22(14-12-20)34-21-8-6-5-7-9-21/h5-18H,1-4H3,(H,27,30). The van der Waals surface area contributed by atoms with E-state index in [0.717, 1.165) is 32.1 Å². The Kier molecular flexibility index (Phi) is 7.18. The Balaban J connectivity index is 1.55. The van der Waals surface area contributed by atoms with Crippen LogP contribution < -0.4 is 19.2 Å². The van der Waals surface area contributed by atoms with E-state index < -0.39 is 22.0 Å². The lowest BCUT2D eigenvalue weighted by atomic mass is 10.2. The van der Waals surface area contributed by atoms with Crippen molar-refractivity contribution in [3.8, 4) is 11.5 Å². The molecule has 0 saturated carbocycles. The lowest BCUT2D eigenvalue weighted by molar-refractivity contribution is -0.116. The monoisotopic (exact) mass is 525 g/mol. The zero-order valence-electron chi connectivity index (χ0n) is 20.3. The number of hydrogen-bond donors (Lipinski definition) is 1. The number of fused-ring (bicyclic) bond motifs is 1. The fourth-order valence-corrected chi connectivity index (χ4v) is 6.17. The van der Waals surface area contributed by atoms with Crippen LogP contribution in [0.15, 0.2) is 77.6 Å². The van der Waals surface area contributed by atoms with Gasteiger partial charge in [-0.3, -0.25) is 18.5 Å². The van der Waals surface area contributed by atoms with E-state index in [1.165, 1.54) is 6.92 Å². The highest BCUT2D eigenvalue weighted by Gasteiger charge is 2.29. The second-order valence-electron chi connectivity index (χ2n) is 8.65. The highest BCUT2D eigenvalue weighted by molar-refractivity contribution is 7.92. The van der Waals surface area contributed by atoms with E-state index >= 15 is 0 Å². The predicted octanol–water partition coefficient (Wildman–Crippen LogP) is 5.23. The molecule has 1 amide bonds. The quantitative estimate of drug-likeness (QED) is 0.340. The summed E-state index contributed by atoms with van der Waals surface area (Å²) in [5, 5.41) is 2.78. The lowest BCUT2D eigenvalue weighted by Crippen LogP contribution is -2.45. The van der Waals surface area contributed by atoms with Crippen molar-refractivity contribution in [3.05, 3.63) is 82.5 Å². The van der Waals surface area contributed by atoms with Crippen molar-refractivity contribution in [2.75, 3.05) is 15.9 Å². The average molecular weight is 526 g/mol. The molecule has 0 radical (unpaired) electrons. The van der Waals surface area contributed by atoms with Crippen molar-refractivity contribution in [2.24, 2.45) is 0 Å². The summed E-state index contributed by atoms with van der Waals surface area (Å²) in [7, 11) is -3.78. The minimum atomic E-state index is -3.78. The number of carbonyl (C=O) groups is 1. The van der Waals surface area contributed by atoms with Crippen LogP contribution in [0.1, 0.15) is 26.8 Å². The van der Waals surface area contributed by atoms with Gasteiger partial charge in [0.1, 0.15) is 17.5 Å². The molecule has 0 fully saturated rings. The van der Waals surface area contributed by atoms with Crippen LogP contribution >= 0.6 is 11.3 Å². The maximum absolute atomic E-state index is 13.1. The number of hydrogen-bond acceptors (Lipinski definition) is 6. The van der Waals surface area contributed by atoms with E-state index in [0.29, 0.717) is 22.9 Å². The molecule has 0 bridgehead atoms. The summed E-state index contributed by atoms with van der Waals surface area (Å²) in [6, 6.07) is 19.9. The Labute approximate surface area is 213 Å². The van der Waals surface area contributed by atoms with Gasteiger partial charge in [-0.25, -0.2) is 8.42 Å². The van der Waals surface area contributed by atoms with Crippen molar-refractivity contribution in [2.45, 2.75) is 32.9 Å². The summed E-state index contributed by atoms with van der Waals surface area (Å²) in [6.45, 7) is 5.40. The van der Waals surface area contributed by atoms with E-state index in [-0.39, 0.29) is 10.9 Å². The molecule has 3 aromatic carbocycles. The molecule has 36 heavy (non-hydrogen) atoms. The van der Waals surface area contributed by atoms with Crippen LogP contribution in [-0.4, -0.2) is 31.2 Å². The van der Waals surface area contributed by atoms with Gasteiger partial charge in [-0.1, -0.05) is 29.5 Å². The molecule has 0 aliphatic carbocycles. The van der Waals surface area contributed by atoms with Crippen LogP contribution in [-0.2, 0) is 14.8 Å². The number of nitrogens with one attached hydrogen (secondary N) is 1. The zero-order chi connectivity index (χ0) is 26.0. The number of sulfonamides is 1. The van der Waals surface area contributed by atoms with Gasteiger partial charge in [-0.05, 0) is 75.4 Å². The number of para-hydroxylation sites is 1. The molecule has 0 saturated heterocycles. The fourth-order valence-electron chi connectivity index (χ4n) is 3.94. The van der Waals surface area contributed by atoms with Crippen LogP contribution in [0, 0.1) is 0 Å². The third-order valence-corrected chi connectivity index (χ3v) is 7.72. The first-order valence-electron chi connectivity index (χ1n) is 11.3. The molecule has 1 atom stereocenters. The van der Waals surface area contributed by atoms with Gasteiger partial charge in [0.15, 0.2) is 0 Å². The Morgan fingerprint density at radius 3 is 2.22 bits per heavy atom. The first-order valence-corrected chi connectivity index (χ1v) is 14.0. The SMILES string of the molecule is CC(C(=O)Nc1ccc2c(c1)sc(=O)n2C(C)C)N(c1ccc(Oc2ccccc2)cc1)S(C)(=O)=O. The Morgan fingerprint density at radius 1 is 0.972 bits per heavy atom. The third-order valence-electron chi connectivity index (χ3n) is 5.56. The summed E-state index contributed by atoms with van der Waals surface area (Å²) >= 11 is 1.10. The molecule has 0 aliphatic heterocycles. The molecule has 4 rings (SSSR count). The summed E-state index contributed by atoms with van der Waals surface area (Å²) < 4.78 is 34.6. The van der Waals surface area contributed by atoms with Gasteiger partial charge >= 0.3 is 4.87 Å². The molecule has 1 unspecified atom stereocenters. The number of nitrogens with zero attached hydrogens (tertiary/aromatic N) is 2. The number of thiazole rings is 1. The molecular weight excluding hydrogens is 498 g/mol. The van der Waals surface area contributed by atoms with Crippen LogP contribution in [0.2, 0.25) is 0 Å². The summed E-state index contributed by atoms with van der Waals surface area (Å²) in [5.74, 6) is 0.694. The van der Waals surface area contributed by atoms with Crippen LogP contribution in [0.4, 0.5) is 11.4 Å². The van der Waals surface area contributed by atoms with Crippen molar-refractivity contribution >= 4 is 48.9 Å². The second-order valence-corrected chi connectivity index (χ2v) is 11.5. The van der Waals surface area contributed by atoms with Gasteiger partial charge in [0.25, 0.3) is 0 Å². The van der Waals surface area contributed by atoms with Gasteiger partial charge in [0, 0.05) is 11.7 Å². The summed E-state index contributed by atoms with van der Waals surface area (Å²) in [5.41, 5.74) is 1.61. The van der Waals surface area contributed by atoms with Gasteiger partial charge in [0.05, 0.1) is 22.2 Å². The molecule has 1 N–H and O–H groups in total. The van der Waals surface area contributed by atoms with E-state index in [4.69, 9.17) is 4.74 Å². The molecule has 10 heteroatoms. The van der Waals surface area contributed by atoms with Gasteiger partial charge in [-0.2, -0.15) is 0 Å². The average Bonchev–Trinajstić information content (AvgIpc) is 3.15. The third kappa shape index (κ3) is 5.44. The Bertz CT molecular complexity index is 1540. The molecule has 188 valence electrons. The molecule has 0 spiro atoms. The summed E-state index contributed by atoms with van der Waals surface area (Å²) in [6.07, 6.45) is 1.06. The number of amides is 1. The van der Waals surface area contributed by atoms with Gasteiger partial charge in [-0.15, -0.1) is 0 Å². The van der Waals surface area contributed by atoms with E-state index in [1.807, 2.05) is 44.2 Å². The smallest absolute Gasteiger partial charge is 0.308 e. The minimum absolute atomic E-state index is 0.0134. The number of aromatic nitrogens is 1. The van der Waals surface area contributed by atoms with Gasteiger partial charge in [0.2, 0.25) is 15.9 Å². The van der Waals surface area contributed by atoms with Crippen molar-refractivity contribution < 1.29 is 17.9 Å². The summed E-state index contributed by atoms with van der Waals surface area (Å²) in [4.78, 5) is 25.3. The van der Waals surface area contributed by atoms with E-state index in [2.05, 4.69) is 5.32 Å². The number of ether oxygens (including phenoxy) is 1. The Hall–Kier alpha value is -3.63. The maximum Gasteiger partial charge on any atom is 0.308 e. The highest BCUT2D eigenvalue weighted by Crippen LogP contribution is 2.28. The van der Waals surface area contributed by atoms with Crippen molar-refractivity contribution in [3.63, 3.8) is 0 Å². The fraction of sp³-hybridized carbons (Fsp3) is 0.231. The number of benzene rings is 3. The molecule has 0 aliphatic rings. The van der Waals surface area contributed by atoms with Gasteiger partial charge < -0.3 is 10.1 Å². The molecule has 1 aromatic heterocycles. The molecule has 4 aromatic rings. The number of carbonyl (C=O) groups excluding carboxylic acids is 1. The normalized spacial score (nSPS) is 12.5. The first-order chi connectivity index (χ1) is 17.0. The topological polar surface area (TPSA) is 97.7 Å². The Morgan fingerprint density at radius 2 is 1.61 bits per heavy atom. The number of rotatable bonds is 8. The van der Waals surface area contributed by atoms with Crippen LogP contribution in [0.5, 0.6) is 11.5 Å². The largest absolute Gasteiger partial charge is 0.457 e. The lowest BCUT2D eigenvalue weighted by Gasteiger charge is -2.28. The highest BCUT2D eigenvalue weighted by atomic mass is 32.2. The zero-order valence-corrected chi connectivity index (χ0v) is 22.0. The molecule has 8 nitrogen and oxygen atoms in total. The van der Waals surface area contributed by atoms with Crippen molar-refractivity contribution in [1.82, 2.24) is 4.57 Å². The second kappa shape index (κ2) is 10.2. The first kappa shape index (κ1) is 25.5. The van der Waals surface area contributed by atoms with E-state index in [1.54, 1.807) is 47.0 Å². The molecule has 1 heterocycles. The number of anilines is 2. The van der Waals surface area contributed by atoms with Crippen molar-refractivity contribution in [1.29, 1.82) is 0 Å². The molecular formula is C26H27N3O5S2. The predicted molar refractivity (Wildman–Crippen MR) is 145 cm³/mol. The van der Waals surface area contributed by atoms with E-state index in [9.17, 15) is 18.0 Å². The van der Waals surface area contributed by atoms with Crippen LogP contribution in [0.3, 0.4) is 0 Å².